The normalized spacial score (nSPS) is 14.5. The standard InChI is InChI=1S/C3HClN2O2S.ClH/c4-2-1-5-3(6-2)9(7)8;/h1H;1H. The quantitative estimate of drug-likeness (QED) is 0.521. The van der Waals surface area contributed by atoms with E-state index in [1.165, 1.54) is 6.21 Å². The van der Waals surface area contributed by atoms with E-state index in [2.05, 4.69) is 9.98 Å². The molecule has 4 nitrogen and oxygen atoms in total. The number of rotatable bonds is 0. The smallest absolute Gasteiger partial charge is 0.220 e. The van der Waals surface area contributed by atoms with E-state index in [4.69, 9.17) is 11.6 Å². The van der Waals surface area contributed by atoms with Gasteiger partial charge in [0.2, 0.25) is 0 Å². The molecule has 0 atom stereocenters. The van der Waals surface area contributed by atoms with Crippen LogP contribution < -0.4 is 0 Å². The zero-order chi connectivity index (χ0) is 6.85. The van der Waals surface area contributed by atoms with Crippen molar-refractivity contribution in [1.82, 2.24) is 0 Å². The Balaban J connectivity index is 0.000000810. The number of hydrogen-bond acceptors (Lipinski definition) is 2. The maximum atomic E-state index is 10.0. The second-order valence-electron chi connectivity index (χ2n) is 1.21. The molecule has 0 amide bonds. The van der Waals surface area contributed by atoms with Gasteiger partial charge in [-0.05, 0) is 0 Å². The first-order chi connectivity index (χ1) is 4.20. The molecule has 1 aliphatic rings. The number of halogens is 2. The molecule has 7 heteroatoms. The maximum Gasteiger partial charge on any atom is 0.277 e. The minimum absolute atomic E-state index is 0. The Morgan fingerprint density at radius 2 is 2.10 bits per heavy atom. The fraction of sp³-hybridized carbons (Fsp3) is 0. The van der Waals surface area contributed by atoms with Crippen LogP contribution in [0.2, 0.25) is 0 Å². The van der Waals surface area contributed by atoms with Crippen LogP contribution in [-0.2, 0) is 10.3 Å². The van der Waals surface area contributed by atoms with Crippen molar-refractivity contribution in [2.75, 3.05) is 0 Å². The first kappa shape index (κ1) is 9.61. The Morgan fingerprint density at radius 3 is 2.30 bits per heavy atom. The second kappa shape index (κ2) is 3.70. The van der Waals surface area contributed by atoms with E-state index >= 15 is 0 Å². The lowest BCUT2D eigenvalue weighted by molar-refractivity contribution is 0.626. The van der Waals surface area contributed by atoms with Gasteiger partial charge in [-0.15, -0.1) is 12.4 Å². The first-order valence-corrected chi connectivity index (χ1v) is 3.40. The van der Waals surface area contributed by atoms with Crippen molar-refractivity contribution in [2.45, 2.75) is 0 Å². The molecule has 10 heavy (non-hydrogen) atoms. The molecule has 0 spiro atoms. The summed E-state index contributed by atoms with van der Waals surface area (Å²) in [5.74, 6) is 0. The molecule has 56 valence electrons. The molecule has 0 unspecified atom stereocenters. The third-order valence-corrected chi connectivity index (χ3v) is 1.31. The predicted molar refractivity (Wildman–Crippen MR) is 43.0 cm³/mol. The summed E-state index contributed by atoms with van der Waals surface area (Å²) in [5, 5.41) is -0.172. The Morgan fingerprint density at radius 1 is 1.50 bits per heavy atom. The van der Waals surface area contributed by atoms with Gasteiger partial charge in [0, 0.05) is 0 Å². The summed E-state index contributed by atoms with van der Waals surface area (Å²) in [5.41, 5.74) is 0. The molecule has 0 aromatic heterocycles. The molecular formula is C3H2Cl2N2O2S. The predicted octanol–water partition coefficient (Wildman–Crippen LogP) is 0.0964. The van der Waals surface area contributed by atoms with Crippen molar-refractivity contribution in [2.24, 2.45) is 9.98 Å². The fourth-order valence-electron chi connectivity index (χ4n) is 0.338. The summed E-state index contributed by atoms with van der Waals surface area (Å²) in [6, 6.07) is 0. The average molecular weight is 201 g/mol. The van der Waals surface area contributed by atoms with E-state index in [-0.39, 0.29) is 22.7 Å². The van der Waals surface area contributed by atoms with Crippen LogP contribution in [0.15, 0.2) is 9.98 Å². The molecule has 0 fully saturated rings. The summed E-state index contributed by atoms with van der Waals surface area (Å²) in [4.78, 5) is 6.71. The van der Waals surface area contributed by atoms with Crippen LogP contribution in [0.4, 0.5) is 0 Å². The summed E-state index contributed by atoms with van der Waals surface area (Å²) in [6.45, 7) is 0. The van der Waals surface area contributed by atoms with Crippen molar-refractivity contribution in [3.05, 3.63) is 0 Å². The molecule has 0 saturated heterocycles. The minimum Gasteiger partial charge on any atom is -0.220 e. The van der Waals surface area contributed by atoms with Crippen LogP contribution in [0.1, 0.15) is 0 Å². The van der Waals surface area contributed by atoms with Gasteiger partial charge in [0.05, 0.1) is 6.21 Å². The summed E-state index contributed by atoms with van der Waals surface area (Å²) in [6.07, 6.45) is 1.17. The van der Waals surface area contributed by atoms with E-state index in [0.717, 1.165) is 0 Å². The lowest BCUT2D eigenvalue weighted by atomic mass is 10.8. The molecule has 1 heterocycles. The molecular weight excluding hydrogens is 199 g/mol. The monoisotopic (exact) mass is 200 g/mol. The lowest BCUT2D eigenvalue weighted by Gasteiger charge is -1.70. The van der Waals surface area contributed by atoms with Gasteiger partial charge in [-0.1, -0.05) is 11.6 Å². The molecule has 0 radical (unpaired) electrons. The summed E-state index contributed by atoms with van der Waals surface area (Å²) in [7, 11) is -2.36. The Kier molecular flexibility index (Phi) is 3.55. The SMILES string of the molecule is Cl.O=S(=O)=C1N=CC(Cl)=N1. The van der Waals surface area contributed by atoms with Crippen molar-refractivity contribution >= 4 is 50.8 Å². The van der Waals surface area contributed by atoms with Gasteiger partial charge in [-0.25, -0.2) is 9.98 Å². The van der Waals surface area contributed by atoms with E-state index in [0.29, 0.717) is 0 Å². The number of aliphatic imine (C=N–C) groups is 2. The lowest BCUT2D eigenvalue weighted by Crippen LogP contribution is -1.83. The molecule has 1 rings (SSSR count). The maximum absolute atomic E-state index is 10.0. The Hall–Kier alpha value is -0.390. The second-order valence-corrected chi connectivity index (χ2v) is 2.43. The van der Waals surface area contributed by atoms with Crippen molar-refractivity contribution in [3.8, 4) is 0 Å². The van der Waals surface area contributed by atoms with Crippen molar-refractivity contribution < 1.29 is 8.42 Å². The third-order valence-electron chi connectivity index (χ3n) is 0.633. The van der Waals surface area contributed by atoms with Crippen LogP contribution in [0.25, 0.3) is 0 Å². The van der Waals surface area contributed by atoms with E-state index in [1.54, 1.807) is 0 Å². The van der Waals surface area contributed by atoms with E-state index < -0.39 is 10.3 Å². The third kappa shape index (κ3) is 2.09. The molecule has 0 aromatic rings. The van der Waals surface area contributed by atoms with Crippen LogP contribution >= 0.6 is 24.0 Å². The minimum atomic E-state index is -2.36. The van der Waals surface area contributed by atoms with Crippen LogP contribution in [0, 0.1) is 0 Å². The van der Waals surface area contributed by atoms with Crippen LogP contribution in [-0.4, -0.2) is 24.9 Å². The van der Waals surface area contributed by atoms with Gasteiger partial charge < -0.3 is 0 Å². The van der Waals surface area contributed by atoms with E-state index in [9.17, 15) is 8.42 Å². The summed E-state index contributed by atoms with van der Waals surface area (Å²) < 4.78 is 20.1. The Labute approximate surface area is 69.6 Å². The van der Waals surface area contributed by atoms with Crippen LogP contribution in [0.5, 0.6) is 0 Å². The highest BCUT2D eigenvalue weighted by atomic mass is 35.5. The highest BCUT2D eigenvalue weighted by Gasteiger charge is 2.03. The van der Waals surface area contributed by atoms with Crippen LogP contribution in [0.3, 0.4) is 0 Å². The number of nitrogens with zero attached hydrogens (tertiary/aromatic N) is 2. The first-order valence-electron chi connectivity index (χ1n) is 1.94. The summed E-state index contributed by atoms with van der Waals surface area (Å²) >= 11 is 5.26. The van der Waals surface area contributed by atoms with Crippen molar-refractivity contribution in [3.63, 3.8) is 0 Å². The largest absolute Gasteiger partial charge is 0.277 e. The molecule has 1 aliphatic heterocycles. The average Bonchev–Trinajstić information content (AvgIpc) is 2.14. The fourth-order valence-corrected chi connectivity index (χ4v) is 0.829. The van der Waals surface area contributed by atoms with Gasteiger partial charge in [-0.3, -0.25) is 0 Å². The zero-order valence-corrected chi connectivity index (χ0v) is 6.87. The highest BCUT2D eigenvalue weighted by molar-refractivity contribution is 7.73. The van der Waals surface area contributed by atoms with E-state index in [1.807, 2.05) is 0 Å². The zero-order valence-electron chi connectivity index (χ0n) is 4.48. The van der Waals surface area contributed by atoms with Gasteiger partial charge in [0.1, 0.15) is 0 Å². The van der Waals surface area contributed by atoms with Gasteiger partial charge >= 0.3 is 0 Å². The molecule has 0 aromatic carbocycles. The van der Waals surface area contributed by atoms with Gasteiger partial charge in [0.25, 0.3) is 15.4 Å². The number of hydrogen-bond donors (Lipinski definition) is 0. The molecule has 0 N–H and O–H groups in total. The highest BCUT2D eigenvalue weighted by Crippen LogP contribution is 1.93. The van der Waals surface area contributed by atoms with Crippen molar-refractivity contribution in [1.29, 1.82) is 0 Å². The molecule has 0 bridgehead atoms. The topological polar surface area (TPSA) is 58.9 Å². The van der Waals surface area contributed by atoms with Gasteiger partial charge in [0.15, 0.2) is 5.17 Å². The Bertz CT molecular complexity index is 307. The molecule has 0 saturated carbocycles. The molecule has 0 aliphatic carbocycles. The van der Waals surface area contributed by atoms with Gasteiger partial charge in [-0.2, -0.15) is 8.42 Å².